The Balaban J connectivity index is 1.96. The normalized spacial score (nSPS) is 15.8. The zero-order chi connectivity index (χ0) is 22.1. The number of nitrogens with one attached hydrogen (secondary N) is 1. The first kappa shape index (κ1) is 22.0. The number of rotatable bonds is 4. The van der Waals surface area contributed by atoms with Gasteiger partial charge in [0.1, 0.15) is 11.6 Å². The predicted octanol–water partition coefficient (Wildman–Crippen LogP) is 2.71. The minimum absolute atomic E-state index is 0.0599. The van der Waals surface area contributed by atoms with Crippen LogP contribution in [-0.4, -0.2) is 37.4 Å². The number of nitrogens with zero attached hydrogens (tertiary/aromatic N) is 3. The summed E-state index contributed by atoms with van der Waals surface area (Å²) in [5.41, 5.74) is 6.45. The maximum Gasteiger partial charge on any atom is 0.281 e. The molecule has 30 heavy (non-hydrogen) atoms. The van der Waals surface area contributed by atoms with Gasteiger partial charge >= 0.3 is 0 Å². The highest BCUT2D eigenvalue weighted by molar-refractivity contribution is 7.90. The van der Waals surface area contributed by atoms with Crippen LogP contribution in [0.3, 0.4) is 0 Å². The van der Waals surface area contributed by atoms with Gasteiger partial charge in [0.15, 0.2) is 5.03 Å². The van der Waals surface area contributed by atoms with Crippen LogP contribution in [0, 0.1) is 5.92 Å². The summed E-state index contributed by atoms with van der Waals surface area (Å²) < 4.78 is 27.4. The number of hydrogen-bond donors (Lipinski definition) is 2. The first-order chi connectivity index (χ1) is 14.0. The molecule has 1 aliphatic heterocycles. The summed E-state index contributed by atoms with van der Waals surface area (Å²) in [6.07, 6.45) is 1.99. The molecule has 0 radical (unpaired) electrons. The van der Waals surface area contributed by atoms with E-state index in [0.29, 0.717) is 11.7 Å². The third-order valence-electron chi connectivity index (χ3n) is 5.22. The molecule has 3 rings (SSSR count). The van der Waals surface area contributed by atoms with Gasteiger partial charge in [-0.2, -0.15) is 8.42 Å². The van der Waals surface area contributed by atoms with Gasteiger partial charge in [-0.05, 0) is 43.0 Å². The number of amides is 1. The largest absolute Gasteiger partial charge is 0.384 e. The van der Waals surface area contributed by atoms with Gasteiger partial charge in [-0.15, -0.1) is 0 Å². The Morgan fingerprint density at radius 2 is 1.80 bits per heavy atom. The van der Waals surface area contributed by atoms with E-state index in [0.717, 1.165) is 31.6 Å². The molecule has 1 amide bonds. The van der Waals surface area contributed by atoms with Gasteiger partial charge in [0.2, 0.25) is 0 Å². The van der Waals surface area contributed by atoms with E-state index in [4.69, 9.17) is 10.7 Å². The molecule has 2 aromatic heterocycles. The first-order valence-electron chi connectivity index (χ1n) is 10.0. The molecule has 8 nitrogen and oxygen atoms in total. The zero-order valence-electron chi connectivity index (χ0n) is 17.8. The highest BCUT2D eigenvalue weighted by Crippen LogP contribution is 2.29. The third-order valence-corrected chi connectivity index (χ3v) is 6.45. The second kappa shape index (κ2) is 8.22. The molecule has 162 valence electrons. The van der Waals surface area contributed by atoms with E-state index in [1.54, 1.807) is 12.1 Å². The van der Waals surface area contributed by atoms with Crippen LogP contribution in [0.15, 0.2) is 35.4 Å². The van der Waals surface area contributed by atoms with Crippen LogP contribution in [-0.2, 0) is 15.4 Å². The number of pyridine rings is 2. The zero-order valence-corrected chi connectivity index (χ0v) is 18.7. The predicted molar refractivity (Wildman–Crippen MR) is 117 cm³/mol. The molecule has 1 fully saturated rings. The van der Waals surface area contributed by atoms with E-state index in [1.165, 1.54) is 18.2 Å². The number of carbonyl (C=O) groups is 1. The highest BCUT2D eigenvalue weighted by atomic mass is 32.2. The van der Waals surface area contributed by atoms with Crippen LogP contribution >= 0.6 is 0 Å². The standard InChI is InChI=1S/C21H29N5O3S/c1-14-10-12-26(13-11-14)19-15(8-9-16(23-19)21(2,3)4)20(27)25-30(28,29)18-7-5-6-17(22)24-18/h5-9,14H,10-13H2,1-4H3,(H2,22,24)(H,25,27). The molecule has 0 atom stereocenters. The van der Waals surface area contributed by atoms with Crippen molar-refractivity contribution in [1.29, 1.82) is 0 Å². The Kier molecular flexibility index (Phi) is 6.03. The smallest absolute Gasteiger partial charge is 0.281 e. The second-order valence-corrected chi connectivity index (χ2v) is 10.5. The lowest BCUT2D eigenvalue weighted by molar-refractivity contribution is 0.0981. The van der Waals surface area contributed by atoms with Gasteiger partial charge in [0.25, 0.3) is 15.9 Å². The van der Waals surface area contributed by atoms with Gasteiger partial charge in [0.05, 0.1) is 5.56 Å². The third kappa shape index (κ3) is 4.89. The van der Waals surface area contributed by atoms with Crippen molar-refractivity contribution >= 4 is 27.6 Å². The average molecular weight is 432 g/mol. The molecule has 0 aromatic carbocycles. The van der Waals surface area contributed by atoms with Gasteiger partial charge in [-0.3, -0.25) is 4.79 Å². The number of carbonyl (C=O) groups excluding carboxylic acids is 1. The lowest BCUT2D eigenvalue weighted by Gasteiger charge is -2.33. The number of aromatic nitrogens is 2. The Labute approximate surface area is 178 Å². The van der Waals surface area contributed by atoms with Gasteiger partial charge in [-0.25, -0.2) is 14.7 Å². The van der Waals surface area contributed by atoms with Crippen LogP contribution in [0.4, 0.5) is 11.6 Å². The monoisotopic (exact) mass is 431 g/mol. The molecule has 0 bridgehead atoms. The lowest BCUT2D eigenvalue weighted by atomic mass is 9.91. The van der Waals surface area contributed by atoms with E-state index >= 15 is 0 Å². The van der Waals surface area contributed by atoms with Crippen molar-refractivity contribution in [3.8, 4) is 0 Å². The molecule has 3 heterocycles. The van der Waals surface area contributed by atoms with Crippen molar-refractivity contribution < 1.29 is 13.2 Å². The maximum absolute atomic E-state index is 13.0. The molecule has 1 aliphatic rings. The topological polar surface area (TPSA) is 118 Å². The van der Waals surface area contributed by atoms with Crippen LogP contribution in [0.1, 0.15) is 56.6 Å². The highest BCUT2D eigenvalue weighted by Gasteiger charge is 2.28. The van der Waals surface area contributed by atoms with E-state index in [-0.39, 0.29) is 21.8 Å². The molecule has 3 N–H and O–H groups in total. The molecular weight excluding hydrogens is 402 g/mol. The maximum atomic E-state index is 13.0. The summed E-state index contributed by atoms with van der Waals surface area (Å²) in [6, 6.07) is 7.67. The summed E-state index contributed by atoms with van der Waals surface area (Å²) >= 11 is 0. The second-order valence-electron chi connectivity index (χ2n) is 8.82. The molecule has 0 spiro atoms. The number of hydrogen-bond acceptors (Lipinski definition) is 7. The van der Waals surface area contributed by atoms with E-state index in [2.05, 4.69) is 21.5 Å². The van der Waals surface area contributed by atoms with Gasteiger partial charge in [0, 0.05) is 24.2 Å². The lowest BCUT2D eigenvalue weighted by Crippen LogP contribution is -2.37. The van der Waals surface area contributed by atoms with Crippen molar-refractivity contribution in [1.82, 2.24) is 14.7 Å². The number of nitrogen functional groups attached to an aromatic ring is 1. The SMILES string of the molecule is CC1CCN(c2nc(C(C)(C)C)ccc2C(=O)NS(=O)(=O)c2cccc(N)n2)CC1. The fraction of sp³-hybridized carbons (Fsp3) is 0.476. The quantitative estimate of drug-likeness (QED) is 0.764. The van der Waals surface area contributed by atoms with Crippen LogP contribution < -0.4 is 15.4 Å². The Morgan fingerprint density at radius 3 is 2.40 bits per heavy atom. The first-order valence-corrected chi connectivity index (χ1v) is 11.5. The van der Waals surface area contributed by atoms with Gasteiger partial charge < -0.3 is 10.6 Å². The average Bonchev–Trinajstić information content (AvgIpc) is 2.67. The minimum atomic E-state index is -4.16. The molecule has 0 saturated carbocycles. The molecular formula is C21H29N5O3S. The number of piperidine rings is 1. The summed E-state index contributed by atoms with van der Waals surface area (Å²) in [4.78, 5) is 23.6. The summed E-state index contributed by atoms with van der Waals surface area (Å²) in [5.74, 6) is 0.451. The van der Waals surface area contributed by atoms with Crippen molar-refractivity contribution in [3.05, 3.63) is 41.6 Å². The number of sulfonamides is 1. The molecule has 2 aromatic rings. The summed E-state index contributed by atoms with van der Waals surface area (Å²) in [6.45, 7) is 9.89. The minimum Gasteiger partial charge on any atom is -0.384 e. The molecule has 0 unspecified atom stereocenters. The van der Waals surface area contributed by atoms with Crippen molar-refractivity contribution in [2.75, 3.05) is 23.7 Å². The number of nitrogens with two attached hydrogens (primary N) is 1. The van der Waals surface area contributed by atoms with Crippen LogP contribution in [0.25, 0.3) is 0 Å². The van der Waals surface area contributed by atoms with Crippen molar-refractivity contribution in [2.45, 2.75) is 51.0 Å². The van der Waals surface area contributed by atoms with E-state index in [9.17, 15) is 13.2 Å². The van der Waals surface area contributed by atoms with Gasteiger partial charge in [-0.1, -0.05) is 33.8 Å². The van der Waals surface area contributed by atoms with E-state index < -0.39 is 15.9 Å². The molecule has 0 aliphatic carbocycles. The van der Waals surface area contributed by atoms with Crippen molar-refractivity contribution in [2.24, 2.45) is 5.92 Å². The number of anilines is 2. The molecule has 1 saturated heterocycles. The fourth-order valence-corrected chi connectivity index (χ4v) is 4.26. The van der Waals surface area contributed by atoms with E-state index in [1.807, 2.05) is 20.8 Å². The Hall–Kier alpha value is -2.68. The summed E-state index contributed by atoms with van der Waals surface area (Å²) in [5, 5.41) is -0.302. The van der Waals surface area contributed by atoms with Crippen LogP contribution in [0.2, 0.25) is 0 Å². The van der Waals surface area contributed by atoms with Crippen LogP contribution in [0.5, 0.6) is 0 Å². The Morgan fingerprint density at radius 1 is 1.13 bits per heavy atom. The fourth-order valence-electron chi connectivity index (χ4n) is 3.31. The summed E-state index contributed by atoms with van der Waals surface area (Å²) in [7, 11) is -4.16. The molecule has 9 heteroatoms. The Bertz CT molecular complexity index is 1040. The van der Waals surface area contributed by atoms with Crippen molar-refractivity contribution in [3.63, 3.8) is 0 Å².